The minimum atomic E-state index is -3.42. The molecule has 2 amide bonds. The van der Waals surface area contributed by atoms with E-state index in [1.54, 1.807) is 24.3 Å². The van der Waals surface area contributed by atoms with Crippen molar-refractivity contribution in [2.75, 3.05) is 22.6 Å². The molecule has 11 heteroatoms. The van der Waals surface area contributed by atoms with Gasteiger partial charge in [0.25, 0.3) is 5.91 Å². The Bertz CT molecular complexity index is 1490. The van der Waals surface area contributed by atoms with Crippen LogP contribution in [0.4, 0.5) is 15.8 Å². The van der Waals surface area contributed by atoms with Gasteiger partial charge in [-0.25, -0.2) is 17.8 Å². The van der Waals surface area contributed by atoms with Crippen LogP contribution < -0.4 is 10.6 Å². The third-order valence-corrected chi connectivity index (χ3v) is 7.88. The van der Waals surface area contributed by atoms with Gasteiger partial charge in [0.2, 0.25) is 5.91 Å². The summed E-state index contributed by atoms with van der Waals surface area (Å²) < 4.78 is 38.0. The van der Waals surface area contributed by atoms with Crippen LogP contribution in [0.5, 0.6) is 0 Å². The summed E-state index contributed by atoms with van der Waals surface area (Å²) in [6.07, 6.45) is 1.09. The number of thioether (sulfide) groups is 1. The third-order valence-electron chi connectivity index (χ3n) is 4.61. The fourth-order valence-electron chi connectivity index (χ4n) is 2.97. The molecule has 0 aliphatic rings. The summed E-state index contributed by atoms with van der Waals surface area (Å²) in [6, 6.07) is 16.6. The number of hydrogen-bond acceptors (Lipinski definition) is 7. The van der Waals surface area contributed by atoms with E-state index in [0.717, 1.165) is 16.5 Å². The molecule has 0 saturated carbocycles. The number of rotatable bonds is 7. The standard InChI is InChI=1S/C23H18FN3O4S3/c1-34(30,31)18-4-2-3-14(11-18)22(29)26-17-9-10-19-20(12-17)33-23(27-19)32-13-21(28)25-16-7-5-15(24)6-8-16/h2-12H,13H2,1H3,(H,25,28)(H,26,29). The molecule has 0 aliphatic carbocycles. The van der Waals surface area contributed by atoms with Gasteiger partial charge in [-0.3, -0.25) is 9.59 Å². The van der Waals surface area contributed by atoms with Crippen LogP contribution in [0.25, 0.3) is 10.2 Å². The van der Waals surface area contributed by atoms with E-state index < -0.39 is 15.7 Å². The van der Waals surface area contributed by atoms with Gasteiger partial charge in [-0.2, -0.15) is 0 Å². The number of benzene rings is 3. The number of carbonyl (C=O) groups excluding carboxylic acids is 2. The molecule has 174 valence electrons. The van der Waals surface area contributed by atoms with Crippen LogP contribution in [0, 0.1) is 5.82 Å². The zero-order valence-electron chi connectivity index (χ0n) is 17.7. The molecule has 4 rings (SSSR count). The minimum Gasteiger partial charge on any atom is -0.325 e. The fourth-order valence-corrected chi connectivity index (χ4v) is 5.55. The second-order valence-corrected chi connectivity index (χ2v) is 11.5. The Kier molecular flexibility index (Phi) is 6.96. The lowest BCUT2D eigenvalue weighted by atomic mass is 10.2. The predicted octanol–water partition coefficient (Wildman–Crippen LogP) is 4.82. The molecule has 1 aromatic heterocycles. The Morgan fingerprint density at radius 2 is 1.74 bits per heavy atom. The largest absolute Gasteiger partial charge is 0.325 e. The van der Waals surface area contributed by atoms with Crippen molar-refractivity contribution < 1.29 is 22.4 Å². The summed E-state index contributed by atoms with van der Waals surface area (Å²) in [7, 11) is -3.42. The van der Waals surface area contributed by atoms with E-state index >= 15 is 0 Å². The third kappa shape index (κ3) is 5.99. The number of fused-ring (bicyclic) bond motifs is 1. The topological polar surface area (TPSA) is 105 Å². The molecule has 34 heavy (non-hydrogen) atoms. The molecule has 1 heterocycles. The molecule has 0 fully saturated rings. The van der Waals surface area contributed by atoms with Gasteiger partial charge >= 0.3 is 0 Å². The molecular formula is C23H18FN3O4S3. The quantitative estimate of drug-likeness (QED) is 0.342. The molecule has 0 atom stereocenters. The molecule has 0 bridgehead atoms. The number of halogens is 1. The highest BCUT2D eigenvalue weighted by Gasteiger charge is 2.13. The van der Waals surface area contributed by atoms with Crippen molar-refractivity contribution >= 4 is 66.3 Å². The first-order valence-electron chi connectivity index (χ1n) is 9.88. The van der Waals surface area contributed by atoms with E-state index in [0.29, 0.717) is 15.7 Å². The molecule has 0 radical (unpaired) electrons. The molecule has 2 N–H and O–H groups in total. The van der Waals surface area contributed by atoms with Crippen LogP contribution in [0.15, 0.2) is 76.0 Å². The Morgan fingerprint density at radius 3 is 2.47 bits per heavy atom. The first-order valence-corrected chi connectivity index (χ1v) is 13.6. The zero-order valence-corrected chi connectivity index (χ0v) is 20.2. The first kappa shape index (κ1) is 23.9. The zero-order chi connectivity index (χ0) is 24.3. The first-order chi connectivity index (χ1) is 16.2. The van der Waals surface area contributed by atoms with Gasteiger partial charge < -0.3 is 10.6 Å². The number of hydrogen-bond donors (Lipinski definition) is 2. The molecule has 0 spiro atoms. The second-order valence-electron chi connectivity index (χ2n) is 7.26. The van der Waals surface area contributed by atoms with Crippen molar-refractivity contribution in [3.63, 3.8) is 0 Å². The number of carbonyl (C=O) groups is 2. The van der Waals surface area contributed by atoms with Crippen LogP contribution in [0.3, 0.4) is 0 Å². The van der Waals surface area contributed by atoms with Crippen LogP contribution in [-0.4, -0.2) is 37.2 Å². The monoisotopic (exact) mass is 515 g/mol. The molecular weight excluding hydrogens is 497 g/mol. The van der Waals surface area contributed by atoms with E-state index in [1.165, 1.54) is 65.6 Å². The number of amides is 2. The number of sulfone groups is 1. The molecule has 0 saturated heterocycles. The Labute approximate surface area is 203 Å². The van der Waals surface area contributed by atoms with Crippen LogP contribution in [0.1, 0.15) is 10.4 Å². The normalized spacial score (nSPS) is 11.4. The van der Waals surface area contributed by atoms with E-state index in [2.05, 4.69) is 15.6 Å². The van der Waals surface area contributed by atoms with Gasteiger partial charge in [0, 0.05) is 23.2 Å². The van der Waals surface area contributed by atoms with Crippen molar-refractivity contribution in [1.29, 1.82) is 0 Å². The molecule has 0 unspecified atom stereocenters. The van der Waals surface area contributed by atoms with Gasteiger partial charge in [-0.15, -0.1) is 11.3 Å². The highest BCUT2D eigenvalue weighted by atomic mass is 32.2. The highest BCUT2D eigenvalue weighted by Crippen LogP contribution is 2.31. The minimum absolute atomic E-state index is 0.0724. The molecule has 7 nitrogen and oxygen atoms in total. The summed E-state index contributed by atoms with van der Waals surface area (Å²) in [6.45, 7) is 0. The average molecular weight is 516 g/mol. The Morgan fingerprint density at radius 1 is 1.00 bits per heavy atom. The van der Waals surface area contributed by atoms with Crippen LogP contribution in [0.2, 0.25) is 0 Å². The van der Waals surface area contributed by atoms with Crippen LogP contribution >= 0.6 is 23.1 Å². The van der Waals surface area contributed by atoms with Crippen molar-refractivity contribution in [1.82, 2.24) is 4.98 Å². The van der Waals surface area contributed by atoms with E-state index in [-0.39, 0.29) is 27.9 Å². The van der Waals surface area contributed by atoms with E-state index in [4.69, 9.17) is 0 Å². The Balaban J connectivity index is 1.40. The molecule has 0 aliphatic heterocycles. The number of thiazole rings is 1. The maximum atomic E-state index is 13.0. The van der Waals surface area contributed by atoms with Crippen molar-refractivity contribution in [3.8, 4) is 0 Å². The van der Waals surface area contributed by atoms with Gasteiger partial charge in [0.05, 0.1) is 20.9 Å². The van der Waals surface area contributed by atoms with Gasteiger partial charge in [0.15, 0.2) is 14.2 Å². The average Bonchev–Trinajstić information content (AvgIpc) is 3.21. The van der Waals surface area contributed by atoms with Gasteiger partial charge in [-0.05, 0) is 60.7 Å². The molecule has 3 aromatic carbocycles. The number of nitrogens with zero attached hydrogens (tertiary/aromatic N) is 1. The number of nitrogens with one attached hydrogen (secondary N) is 2. The number of anilines is 2. The summed E-state index contributed by atoms with van der Waals surface area (Å²) in [5.74, 6) is -0.904. The van der Waals surface area contributed by atoms with E-state index in [9.17, 15) is 22.4 Å². The summed E-state index contributed by atoms with van der Waals surface area (Å²) in [5, 5.41) is 5.47. The Hall–Kier alpha value is -3.28. The van der Waals surface area contributed by atoms with E-state index in [1.807, 2.05) is 0 Å². The fraction of sp³-hybridized carbons (Fsp3) is 0.0870. The van der Waals surface area contributed by atoms with Crippen LogP contribution in [-0.2, 0) is 14.6 Å². The lowest BCUT2D eigenvalue weighted by molar-refractivity contribution is -0.113. The maximum absolute atomic E-state index is 13.0. The van der Waals surface area contributed by atoms with Crippen molar-refractivity contribution in [3.05, 3.63) is 78.1 Å². The summed E-state index contributed by atoms with van der Waals surface area (Å²) in [5.41, 5.74) is 2.01. The number of aromatic nitrogens is 1. The lowest BCUT2D eigenvalue weighted by Gasteiger charge is -2.06. The predicted molar refractivity (Wildman–Crippen MR) is 133 cm³/mol. The summed E-state index contributed by atoms with van der Waals surface area (Å²) in [4.78, 5) is 29.3. The second kappa shape index (κ2) is 9.92. The maximum Gasteiger partial charge on any atom is 0.255 e. The SMILES string of the molecule is CS(=O)(=O)c1cccc(C(=O)Nc2ccc3nc(SCC(=O)Nc4ccc(F)cc4)sc3c2)c1. The summed E-state index contributed by atoms with van der Waals surface area (Å²) >= 11 is 2.66. The van der Waals surface area contributed by atoms with Crippen molar-refractivity contribution in [2.45, 2.75) is 9.24 Å². The highest BCUT2D eigenvalue weighted by molar-refractivity contribution is 8.01. The van der Waals surface area contributed by atoms with Gasteiger partial charge in [0.1, 0.15) is 5.82 Å². The smallest absolute Gasteiger partial charge is 0.255 e. The molecule has 4 aromatic rings. The lowest BCUT2D eigenvalue weighted by Crippen LogP contribution is -2.13. The van der Waals surface area contributed by atoms with Crippen molar-refractivity contribution in [2.24, 2.45) is 0 Å². The van der Waals surface area contributed by atoms with Gasteiger partial charge in [-0.1, -0.05) is 17.8 Å².